The quantitative estimate of drug-likeness (QED) is 0.870. The van der Waals surface area contributed by atoms with Crippen molar-refractivity contribution < 1.29 is 8.78 Å². The fourth-order valence-electron chi connectivity index (χ4n) is 2.00. The van der Waals surface area contributed by atoms with Crippen LogP contribution in [0.15, 0.2) is 18.6 Å². The molecule has 19 heavy (non-hydrogen) atoms. The minimum Gasteiger partial charge on any atom is -0.306 e. The summed E-state index contributed by atoms with van der Waals surface area (Å²) in [6.07, 6.45) is 5.45. The van der Waals surface area contributed by atoms with Crippen LogP contribution in [0.5, 0.6) is 0 Å². The van der Waals surface area contributed by atoms with E-state index in [2.05, 4.69) is 15.4 Å². The highest BCUT2D eigenvalue weighted by atomic mass is 19.3. The average molecular weight is 269 g/mol. The van der Waals surface area contributed by atoms with Gasteiger partial charge in [0, 0.05) is 37.7 Å². The van der Waals surface area contributed by atoms with Gasteiger partial charge in [-0.2, -0.15) is 13.9 Å². The van der Waals surface area contributed by atoms with Crippen molar-refractivity contribution >= 4 is 0 Å². The van der Waals surface area contributed by atoms with Crippen molar-refractivity contribution in [1.82, 2.24) is 24.6 Å². The minimum absolute atomic E-state index is 0.301. The summed E-state index contributed by atoms with van der Waals surface area (Å²) in [5.41, 5.74) is 2.10. The lowest BCUT2D eigenvalue weighted by molar-refractivity contribution is 0.0666. The SMILES string of the molecule is CCc1nn(C)cc1CNCc1nccn1C(F)F. The minimum atomic E-state index is -2.55. The van der Waals surface area contributed by atoms with Gasteiger partial charge in [-0.25, -0.2) is 4.98 Å². The highest BCUT2D eigenvalue weighted by Crippen LogP contribution is 2.12. The lowest BCUT2D eigenvalue weighted by Crippen LogP contribution is -2.17. The summed E-state index contributed by atoms with van der Waals surface area (Å²) in [6, 6.07) is 0. The zero-order chi connectivity index (χ0) is 13.8. The van der Waals surface area contributed by atoms with Crippen molar-refractivity contribution in [1.29, 1.82) is 0 Å². The van der Waals surface area contributed by atoms with Crippen LogP contribution >= 0.6 is 0 Å². The number of nitrogens with zero attached hydrogens (tertiary/aromatic N) is 4. The molecule has 2 aromatic rings. The summed E-state index contributed by atoms with van der Waals surface area (Å²) in [6.45, 7) is 0.376. The fraction of sp³-hybridized carbons (Fsp3) is 0.500. The van der Waals surface area contributed by atoms with Crippen molar-refractivity contribution in [3.05, 3.63) is 35.7 Å². The summed E-state index contributed by atoms with van der Waals surface area (Å²) in [5.74, 6) is 0.330. The van der Waals surface area contributed by atoms with Gasteiger partial charge < -0.3 is 5.32 Å². The monoisotopic (exact) mass is 269 g/mol. The maximum Gasteiger partial charge on any atom is 0.319 e. The van der Waals surface area contributed by atoms with Gasteiger partial charge in [-0.15, -0.1) is 0 Å². The molecular formula is C12H17F2N5. The summed E-state index contributed by atoms with van der Waals surface area (Å²) >= 11 is 0. The third-order valence-corrected chi connectivity index (χ3v) is 2.88. The maximum absolute atomic E-state index is 12.6. The number of hydrogen-bond donors (Lipinski definition) is 1. The molecule has 0 fully saturated rings. The smallest absolute Gasteiger partial charge is 0.306 e. The second kappa shape index (κ2) is 5.92. The van der Waals surface area contributed by atoms with E-state index in [0.717, 1.165) is 22.2 Å². The van der Waals surface area contributed by atoms with Crippen molar-refractivity contribution in [2.24, 2.45) is 7.05 Å². The first-order chi connectivity index (χ1) is 9.11. The largest absolute Gasteiger partial charge is 0.319 e. The Morgan fingerprint density at radius 2 is 2.16 bits per heavy atom. The lowest BCUT2D eigenvalue weighted by Gasteiger charge is -2.07. The first kappa shape index (κ1) is 13.7. The average Bonchev–Trinajstić information content (AvgIpc) is 2.96. The Kier molecular flexibility index (Phi) is 4.26. The molecular weight excluding hydrogens is 252 g/mol. The molecule has 0 atom stereocenters. The molecule has 1 N–H and O–H groups in total. The normalized spacial score (nSPS) is 11.4. The van der Waals surface area contributed by atoms with E-state index in [1.165, 1.54) is 12.4 Å². The predicted molar refractivity (Wildman–Crippen MR) is 66.6 cm³/mol. The number of imidazole rings is 1. The number of hydrogen-bond acceptors (Lipinski definition) is 3. The Morgan fingerprint density at radius 1 is 1.37 bits per heavy atom. The van der Waals surface area contributed by atoms with Gasteiger partial charge in [0.2, 0.25) is 0 Å². The zero-order valence-electron chi connectivity index (χ0n) is 11.0. The van der Waals surface area contributed by atoms with Crippen molar-refractivity contribution in [2.45, 2.75) is 33.0 Å². The van der Waals surface area contributed by atoms with Crippen LogP contribution in [0.1, 0.15) is 30.6 Å². The molecule has 0 saturated heterocycles. The van der Waals surface area contributed by atoms with Crippen LogP contribution < -0.4 is 5.32 Å². The summed E-state index contributed by atoms with van der Waals surface area (Å²) in [5, 5.41) is 7.44. The number of alkyl halides is 2. The molecule has 0 bridgehead atoms. The molecule has 104 valence electrons. The molecule has 0 unspecified atom stereocenters. The van der Waals surface area contributed by atoms with Gasteiger partial charge in [-0.05, 0) is 6.42 Å². The number of aromatic nitrogens is 4. The second-order valence-electron chi connectivity index (χ2n) is 4.26. The van der Waals surface area contributed by atoms with Crippen LogP contribution in [0.2, 0.25) is 0 Å². The van der Waals surface area contributed by atoms with Crippen molar-refractivity contribution in [3.63, 3.8) is 0 Å². The topological polar surface area (TPSA) is 47.7 Å². The third kappa shape index (κ3) is 3.17. The fourth-order valence-corrected chi connectivity index (χ4v) is 2.00. The molecule has 0 aromatic carbocycles. The standard InChI is InChI=1S/C12H17F2N5/c1-3-10-9(8-18(2)17-10)6-15-7-11-16-4-5-19(11)12(13)14/h4-5,8,12,15H,3,6-7H2,1-2H3. The van der Waals surface area contributed by atoms with Gasteiger partial charge in [-0.3, -0.25) is 9.25 Å². The number of halogens is 2. The molecule has 0 amide bonds. The van der Waals surface area contributed by atoms with Crippen LogP contribution in [-0.2, 0) is 26.6 Å². The van der Waals surface area contributed by atoms with Gasteiger partial charge in [0.1, 0.15) is 5.82 Å². The van der Waals surface area contributed by atoms with E-state index in [4.69, 9.17) is 0 Å². The molecule has 0 aliphatic carbocycles. The van der Waals surface area contributed by atoms with Crippen LogP contribution in [-0.4, -0.2) is 19.3 Å². The zero-order valence-corrected chi connectivity index (χ0v) is 11.0. The predicted octanol–water partition coefficient (Wildman–Crippen LogP) is 1.86. The van der Waals surface area contributed by atoms with E-state index < -0.39 is 6.55 Å². The van der Waals surface area contributed by atoms with Gasteiger partial charge in [0.25, 0.3) is 0 Å². The highest BCUT2D eigenvalue weighted by molar-refractivity contribution is 5.16. The molecule has 7 heteroatoms. The van der Waals surface area contributed by atoms with Crippen LogP contribution in [0.4, 0.5) is 8.78 Å². The molecule has 0 aliphatic heterocycles. The maximum atomic E-state index is 12.6. The molecule has 0 radical (unpaired) electrons. The first-order valence-corrected chi connectivity index (χ1v) is 6.13. The van der Waals surface area contributed by atoms with E-state index in [9.17, 15) is 8.78 Å². The van der Waals surface area contributed by atoms with Crippen LogP contribution in [0.25, 0.3) is 0 Å². The molecule has 0 saturated carbocycles. The Morgan fingerprint density at radius 3 is 2.84 bits per heavy atom. The number of rotatable bonds is 6. The van der Waals surface area contributed by atoms with Gasteiger partial charge >= 0.3 is 6.55 Å². The van der Waals surface area contributed by atoms with E-state index in [-0.39, 0.29) is 0 Å². The lowest BCUT2D eigenvalue weighted by atomic mass is 10.2. The summed E-state index contributed by atoms with van der Waals surface area (Å²) in [7, 11) is 1.87. The molecule has 0 aliphatic rings. The molecule has 2 heterocycles. The summed E-state index contributed by atoms with van der Waals surface area (Å²) < 4.78 is 27.8. The molecule has 0 spiro atoms. The summed E-state index contributed by atoms with van der Waals surface area (Å²) in [4.78, 5) is 3.92. The van der Waals surface area contributed by atoms with Crippen molar-refractivity contribution in [3.8, 4) is 0 Å². The molecule has 5 nitrogen and oxygen atoms in total. The third-order valence-electron chi connectivity index (χ3n) is 2.88. The molecule has 2 rings (SSSR count). The van der Waals surface area contributed by atoms with E-state index in [1.807, 2.05) is 20.2 Å². The van der Waals surface area contributed by atoms with E-state index >= 15 is 0 Å². The second-order valence-corrected chi connectivity index (χ2v) is 4.26. The van der Waals surface area contributed by atoms with E-state index in [1.54, 1.807) is 4.68 Å². The van der Waals surface area contributed by atoms with Gasteiger partial charge in [-0.1, -0.05) is 6.92 Å². The Hall–Kier alpha value is -1.76. The van der Waals surface area contributed by atoms with E-state index in [0.29, 0.717) is 18.9 Å². The Labute approximate surface area is 110 Å². The number of aryl methyl sites for hydroxylation is 2. The van der Waals surface area contributed by atoms with Crippen molar-refractivity contribution in [2.75, 3.05) is 0 Å². The van der Waals surface area contributed by atoms with Gasteiger partial charge in [0.05, 0.1) is 12.2 Å². The number of nitrogens with one attached hydrogen (secondary N) is 1. The highest BCUT2D eigenvalue weighted by Gasteiger charge is 2.11. The first-order valence-electron chi connectivity index (χ1n) is 6.13. The Balaban J connectivity index is 1.94. The van der Waals surface area contributed by atoms with Gasteiger partial charge in [0.15, 0.2) is 0 Å². The molecule has 2 aromatic heterocycles. The van der Waals surface area contributed by atoms with Crippen LogP contribution in [0, 0.1) is 0 Å². The Bertz CT molecular complexity index is 532. The van der Waals surface area contributed by atoms with Crippen LogP contribution in [0.3, 0.4) is 0 Å².